The highest BCUT2D eigenvalue weighted by atomic mass is 32.2. The number of halogens is 1. The second kappa shape index (κ2) is 10.1. The molecule has 0 radical (unpaired) electrons. The van der Waals surface area contributed by atoms with Crippen LogP contribution in [0.2, 0.25) is 0 Å². The van der Waals surface area contributed by atoms with Gasteiger partial charge in [-0.05, 0) is 85.9 Å². The van der Waals surface area contributed by atoms with Crippen molar-refractivity contribution >= 4 is 44.3 Å². The smallest absolute Gasteiger partial charge is 0.258 e. The summed E-state index contributed by atoms with van der Waals surface area (Å²) in [5.41, 5.74) is 4.99. The van der Waals surface area contributed by atoms with Crippen molar-refractivity contribution in [2.45, 2.75) is 6.42 Å². The van der Waals surface area contributed by atoms with Crippen LogP contribution in [0.25, 0.3) is 11.3 Å². The van der Waals surface area contributed by atoms with Gasteiger partial charge in [0.25, 0.3) is 5.91 Å². The van der Waals surface area contributed by atoms with Gasteiger partial charge in [0.05, 0.1) is 35.5 Å². The first-order valence-corrected chi connectivity index (χ1v) is 14.1. The standard InChI is InChI=1S/C28H29FN4O4S/c1-32(2)13-14-33(38(3,35)36)22-8-6-21(7-9-22)30-27(19-4-11-25-18(16-19)12-15-37-25)26-23-10-5-20(29)17-24(23)31-28(26)34/h4-11,16-17,30H,12-15H2,1-3H3,(H,31,34). The summed E-state index contributed by atoms with van der Waals surface area (Å²) in [7, 11) is 0.302. The number of likely N-dealkylation sites (N-methyl/N-ethyl adjacent to an activating group) is 1. The van der Waals surface area contributed by atoms with E-state index in [9.17, 15) is 17.6 Å². The van der Waals surface area contributed by atoms with Gasteiger partial charge in [0.2, 0.25) is 10.0 Å². The molecule has 0 saturated heterocycles. The Labute approximate surface area is 221 Å². The molecule has 0 bridgehead atoms. The third-order valence-corrected chi connectivity index (χ3v) is 7.72. The molecule has 0 atom stereocenters. The van der Waals surface area contributed by atoms with Gasteiger partial charge in [0.1, 0.15) is 11.6 Å². The van der Waals surface area contributed by atoms with E-state index in [1.165, 1.54) is 22.7 Å². The first-order chi connectivity index (χ1) is 18.1. The first kappa shape index (κ1) is 25.7. The number of rotatable bonds is 8. The topological polar surface area (TPSA) is 91.0 Å². The lowest BCUT2D eigenvalue weighted by Crippen LogP contribution is -2.35. The van der Waals surface area contributed by atoms with Gasteiger partial charge in [-0.2, -0.15) is 0 Å². The summed E-state index contributed by atoms with van der Waals surface area (Å²) in [5, 5.41) is 6.14. The monoisotopic (exact) mass is 536 g/mol. The zero-order valence-corrected chi connectivity index (χ0v) is 22.2. The first-order valence-electron chi connectivity index (χ1n) is 12.2. The van der Waals surface area contributed by atoms with E-state index in [1.807, 2.05) is 37.2 Å². The van der Waals surface area contributed by atoms with Crippen LogP contribution in [0.4, 0.5) is 21.5 Å². The van der Waals surface area contributed by atoms with Crippen LogP contribution < -0.4 is 19.7 Å². The summed E-state index contributed by atoms with van der Waals surface area (Å²) in [5.74, 6) is 0.0440. The van der Waals surface area contributed by atoms with Crippen molar-refractivity contribution in [1.82, 2.24) is 4.90 Å². The fraction of sp³-hybridized carbons (Fsp3) is 0.250. The molecule has 2 heterocycles. The lowest BCUT2D eigenvalue weighted by atomic mass is 9.98. The van der Waals surface area contributed by atoms with E-state index in [0.717, 1.165) is 23.3 Å². The van der Waals surface area contributed by atoms with Crippen molar-refractivity contribution in [3.63, 3.8) is 0 Å². The van der Waals surface area contributed by atoms with E-state index in [-0.39, 0.29) is 5.91 Å². The van der Waals surface area contributed by atoms with Crippen LogP contribution in [0.3, 0.4) is 0 Å². The fourth-order valence-corrected chi connectivity index (χ4v) is 5.56. The molecular formula is C28H29FN4O4S. The molecule has 0 aliphatic carbocycles. The Balaban J connectivity index is 1.55. The second-order valence-corrected chi connectivity index (χ2v) is 11.5. The number of anilines is 3. The SMILES string of the molecule is CN(C)CCN(c1ccc(NC(=C2C(=O)Nc3cc(F)ccc32)c2ccc3c(c2)CCO3)cc1)S(C)(=O)=O. The molecule has 0 aromatic heterocycles. The van der Waals surface area contributed by atoms with E-state index < -0.39 is 15.8 Å². The molecule has 2 aliphatic rings. The van der Waals surface area contributed by atoms with Crippen molar-refractivity contribution in [2.75, 3.05) is 55.0 Å². The number of hydrogen-bond acceptors (Lipinski definition) is 6. The largest absolute Gasteiger partial charge is 0.493 e. The van der Waals surface area contributed by atoms with Crippen LogP contribution in [-0.4, -0.2) is 59.3 Å². The van der Waals surface area contributed by atoms with E-state index >= 15 is 0 Å². The summed E-state index contributed by atoms with van der Waals surface area (Å²) in [6.07, 6.45) is 1.96. The Bertz CT molecular complexity index is 1530. The summed E-state index contributed by atoms with van der Waals surface area (Å²) in [6.45, 7) is 1.49. The average molecular weight is 537 g/mol. The molecular weight excluding hydrogens is 507 g/mol. The van der Waals surface area contributed by atoms with Crippen LogP contribution >= 0.6 is 0 Å². The number of ether oxygens (including phenoxy) is 1. The van der Waals surface area contributed by atoms with Crippen LogP contribution in [0.1, 0.15) is 16.7 Å². The number of hydrogen-bond donors (Lipinski definition) is 2. The van der Waals surface area contributed by atoms with Crippen molar-refractivity contribution in [1.29, 1.82) is 0 Å². The number of fused-ring (bicyclic) bond motifs is 2. The molecule has 5 rings (SSSR count). The Hall–Kier alpha value is -3.89. The third kappa shape index (κ3) is 5.23. The summed E-state index contributed by atoms with van der Waals surface area (Å²) >= 11 is 0. The summed E-state index contributed by atoms with van der Waals surface area (Å²) in [4.78, 5) is 15.0. The summed E-state index contributed by atoms with van der Waals surface area (Å²) in [6, 6.07) is 17.0. The molecule has 2 aliphatic heterocycles. The molecule has 0 saturated carbocycles. The van der Waals surface area contributed by atoms with Gasteiger partial charge in [-0.1, -0.05) is 0 Å². The number of amides is 1. The van der Waals surface area contributed by atoms with Crippen molar-refractivity contribution < 1.29 is 22.3 Å². The zero-order chi connectivity index (χ0) is 27.0. The van der Waals surface area contributed by atoms with Crippen molar-refractivity contribution in [3.05, 3.63) is 83.2 Å². The number of sulfonamides is 1. The highest BCUT2D eigenvalue weighted by Crippen LogP contribution is 2.39. The fourth-order valence-electron chi connectivity index (χ4n) is 4.65. The maximum absolute atomic E-state index is 13.9. The predicted molar refractivity (Wildman–Crippen MR) is 148 cm³/mol. The molecule has 10 heteroatoms. The quantitative estimate of drug-likeness (QED) is 0.423. The van der Waals surface area contributed by atoms with Crippen LogP contribution in [-0.2, 0) is 21.2 Å². The Morgan fingerprint density at radius 3 is 2.53 bits per heavy atom. The van der Waals surface area contributed by atoms with Crippen LogP contribution in [0.5, 0.6) is 5.75 Å². The summed E-state index contributed by atoms with van der Waals surface area (Å²) < 4.78 is 45.8. The number of nitrogens with one attached hydrogen (secondary N) is 2. The van der Waals surface area contributed by atoms with Gasteiger partial charge < -0.3 is 20.3 Å². The zero-order valence-electron chi connectivity index (χ0n) is 21.4. The molecule has 1 amide bonds. The third-order valence-electron chi connectivity index (χ3n) is 6.53. The van der Waals surface area contributed by atoms with Crippen LogP contribution in [0.15, 0.2) is 60.7 Å². The molecule has 198 valence electrons. The second-order valence-electron chi connectivity index (χ2n) is 9.63. The molecule has 0 fully saturated rings. The minimum absolute atomic E-state index is 0.318. The number of carbonyl (C=O) groups is 1. The molecule has 2 N–H and O–H groups in total. The van der Waals surface area contributed by atoms with Gasteiger partial charge in [-0.25, -0.2) is 12.8 Å². The van der Waals surface area contributed by atoms with E-state index in [2.05, 4.69) is 10.6 Å². The van der Waals surface area contributed by atoms with E-state index in [0.29, 0.717) is 53.6 Å². The number of benzene rings is 3. The van der Waals surface area contributed by atoms with Crippen LogP contribution in [0, 0.1) is 5.82 Å². The molecule has 38 heavy (non-hydrogen) atoms. The predicted octanol–water partition coefficient (Wildman–Crippen LogP) is 4.02. The Morgan fingerprint density at radius 2 is 1.82 bits per heavy atom. The molecule has 0 spiro atoms. The van der Waals surface area contributed by atoms with Crippen molar-refractivity contribution in [3.8, 4) is 5.75 Å². The number of carbonyl (C=O) groups excluding carboxylic acids is 1. The maximum Gasteiger partial charge on any atom is 0.258 e. The minimum atomic E-state index is -3.47. The normalized spacial score (nSPS) is 15.6. The minimum Gasteiger partial charge on any atom is -0.493 e. The van der Waals surface area contributed by atoms with Crippen molar-refractivity contribution in [2.24, 2.45) is 0 Å². The van der Waals surface area contributed by atoms with Gasteiger partial charge in [-0.15, -0.1) is 0 Å². The van der Waals surface area contributed by atoms with Gasteiger partial charge >= 0.3 is 0 Å². The maximum atomic E-state index is 13.9. The van der Waals surface area contributed by atoms with Gasteiger partial charge in [0.15, 0.2) is 0 Å². The lowest BCUT2D eigenvalue weighted by Gasteiger charge is -2.24. The molecule has 0 unspecified atom stereocenters. The highest BCUT2D eigenvalue weighted by Gasteiger charge is 2.29. The lowest BCUT2D eigenvalue weighted by molar-refractivity contribution is -0.110. The highest BCUT2D eigenvalue weighted by molar-refractivity contribution is 7.92. The Morgan fingerprint density at radius 1 is 1.05 bits per heavy atom. The molecule has 3 aromatic rings. The number of nitrogens with zero attached hydrogens (tertiary/aromatic N) is 2. The van der Waals surface area contributed by atoms with Gasteiger partial charge in [0, 0.05) is 30.8 Å². The van der Waals surface area contributed by atoms with Gasteiger partial charge in [-0.3, -0.25) is 9.10 Å². The molecule has 8 nitrogen and oxygen atoms in total. The average Bonchev–Trinajstić information content (AvgIpc) is 3.45. The molecule has 3 aromatic carbocycles. The Kier molecular flexibility index (Phi) is 6.85. The van der Waals surface area contributed by atoms with E-state index in [4.69, 9.17) is 4.74 Å². The van der Waals surface area contributed by atoms with E-state index in [1.54, 1.807) is 30.3 Å².